The molecule has 0 aliphatic carbocycles. The molecule has 0 saturated heterocycles. The van der Waals surface area contributed by atoms with Crippen molar-refractivity contribution in [3.63, 3.8) is 0 Å². The molecule has 0 aliphatic rings. The minimum atomic E-state index is -0.989. The average Bonchev–Trinajstić information content (AvgIpc) is 2.66. The van der Waals surface area contributed by atoms with Gasteiger partial charge in [0.2, 0.25) is 0 Å². The van der Waals surface area contributed by atoms with E-state index in [1.807, 2.05) is 20.8 Å². The van der Waals surface area contributed by atoms with Gasteiger partial charge in [-0.3, -0.25) is 4.79 Å². The highest BCUT2D eigenvalue weighted by molar-refractivity contribution is 7.11. The SMILES string of the molecule is Cc1nc(C)c(C(C)NC(=O)NCC(C)(C)C(=O)O)s1. The maximum Gasteiger partial charge on any atom is 0.315 e. The Balaban J connectivity index is 2.55. The zero-order valence-electron chi connectivity index (χ0n) is 12.4. The Morgan fingerprint density at radius 1 is 1.40 bits per heavy atom. The summed E-state index contributed by atoms with van der Waals surface area (Å²) >= 11 is 1.55. The van der Waals surface area contributed by atoms with Gasteiger partial charge in [-0.15, -0.1) is 11.3 Å². The van der Waals surface area contributed by atoms with Gasteiger partial charge < -0.3 is 15.7 Å². The number of amides is 2. The Hall–Kier alpha value is -1.63. The summed E-state index contributed by atoms with van der Waals surface area (Å²) < 4.78 is 0. The van der Waals surface area contributed by atoms with Crippen molar-refractivity contribution in [1.82, 2.24) is 15.6 Å². The molecule has 0 aliphatic heterocycles. The van der Waals surface area contributed by atoms with Crippen LogP contribution < -0.4 is 10.6 Å². The summed E-state index contributed by atoms with van der Waals surface area (Å²) in [6.45, 7) is 8.90. The lowest BCUT2D eigenvalue weighted by Gasteiger charge is -2.21. The van der Waals surface area contributed by atoms with Crippen LogP contribution in [0.5, 0.6) is 0 Å². The molecule has 1 rings (SSSR count). The fourth-order valence-corrected chi connectivity index (χ4v) is 2.57. The molecule has 1 aromatic rings. The van der Waals surface area contributed by atoms with E-state index < -0.39 is 11.4 Å². The van der Waals surface area contributed by atoms with Crippen LogP contribution in [0.2, 0.25) is 0 Å². The number of carbonyl (C=O) groups is 2. The fourth-order valence-electron chi connectivity index (χ4n) is 1.64. The number of rotatable bonds is 5. The molecule has 0 spiro atoms. The average molecular weight is 299 g/mol. The summed E-state index contributed by atoms with van der Waals surface area (Å²) in [5.41, 5.74) is -0.0800. The molecule has 1 aromatic heterocycles. The highest BCUT2D eigenvalue weighted by Crippen LogP contribution is 2.24. The van der Waals surface area contributed by atoms with Crippen molar-refractivity contribution in [2.45, 2.75) is 40.7 Å². The summed E-state index contributed by atoms with van der Waals surface area (Å²) in [7, 11) is 0. The van der Waals surface area contributed by atoms with Gasteiger partial charge in [0.15, 0.2) is 0 Å². The number of hydrogen-bond acceptors (Lipinski definition) is 4. The summed E-state index contributed by atoms with van der Waals surface area (Å²) in [6, 6.07) is -0.536. The van der Waals surface area contributed by atoms with Gasteiger partial charge in [-0.1, -0.05) is 0 Å². The quantitative estimate of drug-likeness (QED) is 0.777. The molecule has 0 saturated carbocycles. The lowest BCUT2D eigenvalue weighted by atomic mass is 9.94. The van der Waals surface area contributed by atoms with Crippen molar-refractivity contribution in [2.24, 2.45) is 5.41 Å². The lowest BCUT2D eigenvalue weighted by molar-refractivity contribution is -0.146. The number of carbonyl (C=O) groups excluding carboxylic acids is 1. The third-order valence-electron chi connectivity index (χ3n) is 2.95. The second-order valence-electron chi connectivity index (χ2n) is 5.42. The predicted molar refractivity (Wildman–Crippen MR) is 78.0 cm³/mol. The van der Waals surface area contributed by atoms with Crippen LogP contribution in [0.3, 0.4) is 0 Å². The molecule has 112 valence electrons. The molecule has 2 amide bonds. The van der Waals surface area contributed by atoms with Crippen LogP contribution in [0.1, 0.15) is 42.4 Å². The molecule has 7 heteroatoms. The van der Waals surface area contributed by atoms with E-state index in [9.17, 15) is 9.59 Å². The molecule has 0 fully saturated rings. The van der Waals surface area contributed by atoms with Crippen LogP contribution in [0, 0.1) is 19.3 Å². The van der Waals surface area contributed by atoms with Gasteiger partial charge in [0.1, 0.15) is 0 Å². The first kappa shape index (κ1) is 16.4. The number of aromatic nitrogens is 1. The van der Waals surface area contributed by atoms with Gasteiger partial charge in [-0.2, -0.15) is 0 Å². The summed E-state index contributed by atoms with van der Waals surface area (Å²) in [5.74, 6) is -0.945. The first-order chi connectivity index (χ1) is 9.13. The minimum Gasteiger partial charge on any atom is -0.481 e. The van der Waals surface area contributed by atoms with E-state index in [0.29, 0.717) is 0 Å². The smallest absolute Gasteiger partial charge is 0.315 e. The molecule has 0 radical (unpaired) electrons. The van der Waals surface area contributed by atoms with Crippen molar-refractivity contribution >= 4 is 23.3 Å². The van der Waals surface area contributed by atoms with Crippen molar-refractivity contribution < 1.29 is 14.7 Å². The van der Waals surface area contributed by atoms with Crippen LogP contribution in [0.15, 0.2) is 0 Å². The zero-order valence-corrected chi connectivity index (χ0v) is 13.2. The molecular weight excluding hydrogens is 278 g/mol. The Kier molecular flexibility index (Phi) is 5.10. The Morgan fingerprint density at radius 3 is 2.45 bits per heavy atom. The van der Waals surface area contributed by atoms with Crippen LogP contribution in [0.25, 0.3) is 0 Å². The summed E-state index contributed by atoms with van der Waals surface area (Å²) in [6.07, 6.45) is 0. The number of hydrogen-bond donors (Lipinski definition) is 3. The number of nitrogens with one attached hydrogen (secondary N) is 2. The van der Waals surface area contributed by atoms with E-state index in [4.69, 9.17) is 5.11 Å². The molecular formula is C13H21N3O3S. The topological polar surface area (TPSA) is 91.3 Å². The van der Waals surface area contributed by atoms with Gasteiger partial charge in [0.05, 0.1) is 22.2 Å². The maximum absolute atomic E-state index is 11.8. The Morgan fingerprint density at radius 2 is 2.00 bits per heavy atom. The second kappa shape index (κ2) is 6.21. The molecule has 3 N–H and O–H groups in total. The van der Waals surface area contributed by atoms with Crippen molar-refractivity contribution in [3.8, 4) is 0 Å². The normalized spacial score (nSPS) is 12.8. The first-order valence-electron chi connectivity index (χ1n) is 6.35. The number of aliphatic carboxylic acids is 1. The zero-order chi connectivity index (χ0) is 15.5. The van der Waals surface area contributed by atoms with Crippen LogP contribution in [-0.4, -0.2) is 28.6 Å². The van der Waals surface area contributed by atoms with Gasteiger partial charge in [0, 0.05) is 11.4 Å². The third-order valence-corrected chi connectivity index (χ3v) is 4.21. The third kappa shape index (κ3) is 4.19. The standard InChI is InChI=1S/C13H21N3O3S/c1-7-10(20-9(3)15-7)8(2)16-12(19)14-6-13(4,5)11(17)18/h8H,6H2,1-5H3,(H,17,18)(H2,14,16,19). The summed E-state index contributed by atoms with van der Waals surface area (Å²) in [4.78, 5) is 28.1. The number of nitrogens with zero attached hydrogens (tertiary/aromatic N) is 1. The van der Waals surface area contributed by atoms with E-state index >= 15 is 0 Å². The fraction of sp³-hybridized carbons (Fsp3) is 0.615. The molecule has 20 heavy (non-hydrogen) atoms. The molecule has 1 unspecified atom stereocenters. The number of carboxylic acids is 1. The van der Waals surface area contributed by atoms with Gasteiger partial charge in [-0.25, -0.2) is 9.78 Å². The van der Waals surface area contributed by atoms with Crippen LogP contribution >= 0.6 is 11.3 Å². The van der Waals surface area contributed by atoms with Crippen LogP contribution in [-0.2, 0) is 4.79 Å². The lowest BCUT2D eigenvalue weighted by Crippen LogP contribution is -2.44. The predicted octanol–water partition coefficient (Wildman–Crippen LogP) is 2.23. The van der Waals surface area contributed by atoms with E-state index in [-0.39, 0.29) is 18.6 Å². The Labute approximate surface area is 122 Å². The molecule has 1 heterocycles. The number of carboxylic acid groups (broad SMARTS) is 1. The van der Waals surface area contributed by atoms with Crippen molar-refractivity contribution in [3.05, 3.63) is 15.6 Å². The monoisotopic (exact) mass is 299 g/mol. The van der Waals surface area contributed by atoms with E-state index in [1.54, 1.807) is 25.2 Å². The van der Waals surface area contributed by atoms with Crippen LogP contribution in [0.4, 0.5) is 4.79 Å². The van der Waals surface area contributed by atoms with Crippen molar-refractivity contribution in [1.29, 1.82) is 0 Å². The second-order valence-corrected chi connectivity index (χ2v) is 6.66. The molecule has 0 bridgehead atoms. The van der Waals surface area contributed by atoms with Crippen molar-refractivity contribution in [2.75, 3.05) is 6.54 Å². The number of thiazole rings is 1. The van der Waals surface area contributed by atoms with E-state index in [0.717, 1.165) is 15.6 Å². The maximum atomic E-state index is 11.8. The minimum absolute atomic E-state index is 0.0710. The highest BCUT2D eigenvalue weighted by atomic mass is 32.1. The number of aryl methyl sites for hydroxylation is 2. The molecule has 0 aromatic carbocycles. The number of urea groups is 1. The highest BCUT2D eigenvalue weighted by Gasteiger charge is 2.27. The van der Waals surface area contributed by atoms with E-state index in [2.05, 4.69) is 15.6 Å². The Bertz CT molecular complexity index is 511. The largest absolute Gasteiger partial charge is 0.481 e. The first-order valence-corrected chi connectivity index (χ1v) is 7.17. The summed E-state index contributed by atoms with van der Waals surface area (Å²) in [5, 5.41) is 15.3. The van der Waals surface area contributed by atoms with Gasteiger partial charge in [0.25, 0.3) is 0 Å². The van der Waals surface area contributed by atoms with Gasteiger partial charge >= 0.3 is 12.0 Å². The van der Waals surface area contributed by atoms with E-state index in [1.165, 1.54) is 0 Å². The van der Waals surface area contributed by atoms with Gasteiger partial charge in [-0.05, 0) is 34.6 Å². The molecule has 1 atom stereocenters. The molecule has 6 nitrogen and oxygen atoms in total.